The molecule has 28 heavy (non-hydrogen) atoms. The lowest BCUT2D eigenvalue weighted by Crippen LogP contribution is -2.53. The first-order valence-corrected chi connectivity index (χ1v) is 12.8. The van der Waals surface area contributed by atoms with Crippen molar-refractivity contribution in [1.29, 1.82) is 0 Å². The highest BCUT2D eigenvalue weighted by molar-refractivity contribution is 5.80. The van der Waals surface area contributed by atoms with Crippen LogP contribution in [0.3, 0.4) is 0 Å². The molecule has 160 valence electrons. The Balaban J connectivity index is 1.47. The molecule has 0 heterocycles. The Morgan fingerprint density at radius 2 is 1.61 bits per heavy atom. The molecule has 0 unspecified atom stereocenters. The predicted molar refractivity (Wildman–Crippen MR) is 118 cm³/mol. The van der Waals surface area contributed by atoms with Crippen LogP contribution >= 0.6 is 0 Å². The molecule has 4 aliphatic carbocycles. The van der Waals surface area contributed by atoms with E-state index >= 15 is 0 Å². The van der Waals surface area contributed by atoms with Crippen molar-refractivity contribution in [2.75, 3.05) is 0 Å². The van der Waals surface area contributed by atoms with Crippen LogP contribution in [0.5, 0.6) is 0 Å². The zero-order valence-electron chi connectivity index (χ0n) is 19.4. The van der Waals surface area contributed by atoms with Crippen LogP contribution in [0.1, 0.15) is 112 Å². The van der Waals surface area contributed by atoms with Crippen LogP contribution in [0.25, 0.3) is 0 Å². The van der Waals surface area contributed by atoms with Crippen LogP contribution in [0.4, 0.5) is 0 Å². The lowest BCUT2D eigenvalue weighted by molar-refractivity contribution is -0.123. The van der Waals surface area contributed by atoms with Gasteiger partial charge in [-0.15, -0.1) is 0 Å². The summed E-state index contributed by atoms with van der Waals surface area (Å²) in [6.45, 7) is 12.0. The third-order valence-corrected chi connectivity index (χ3v) is 10.8. The molecule has 4 saturated carbocycles. The van der Waals surface area contributed by atoms with E-state index in [-0.39, 0.29) is 5.92 Å². The highest BCUT2D eigenvalue weighted by Crippen LogP contribution is 2.68. The highest BCUT2D eigenvalue weighted by Gasteiger charge is 2.60. The van der Waals surface area contributed by atoms with Crippen LogP contribution in [-0.2, 0) is 4.79 Å². The molecular weight excluding hydrogens is 340 g/mol. The largest absolute Gasteiger partial charge is 0.299 e. The summed E-state index contributed by atoms with van der Waals surface area (Å²) in [7, 11) is 0. The first-order valence-electron chi connectivity index (χ1n) is 12.8. The summed E-state index contributed by atoms with van der Waals surface area (Å²) in [5.74, 6) is 6.28. The average molecular weight is 387 g/mol. The van der Waals surface area contributed by atoms with Crippen molar-refractivity contribution in [1.82, 2.24) is 0 Å². The maximum atomic E-state index is 12.2. The Bertz CT molecular complexity index is 579. The summed E-state index contributed by atoms with van der Waals surface area (Å²) in [4.78, 5) is 12.2. The minimum Gasteiger partial charge on any atom is -0.299 e. The first-order chi connectivity index (χ1) is 13.3. The average Bonchev–Trinajstić information content (AvgIpc) is 3.02. The molecule has 0 aromatic heterocycles. The predicted octanol–water partition coefficient (Wildman–Crippen LogP) is 7.68. The van der Waals surface area contributed by atoms with Crippen molar-refractivity contribution in [3.8, 4) is 0 Å². The van der Waals surface area contributed by atoms with Gasteiger partial charge in [-0.1, -0.05) is 47.5 Å². The molecule has 1 heteroatoms. The van der Waals surface area contributed by atoms with Crippen molar-refractivity contribution in [2.45, 2.75) is 112 Å². The summed E-state index contributed by atoms with van der Waals surface area (Å²) in [6.07, 6.45) is 16.9. The van der Waals surface area contributed by atoms with Gasteiger partial charge < -0.3 is 0 Å². The number of ketones is 1. The lowest BCUT2D eigenvalue weighted by atomic mass is 9.44. The molecule has 0 saturated heterocycles. The van der Waals surface area contributed by atoms with Gasteiger partial charge in [-0.05, 0) is 104 Å². The quantitative estimate of drug-likeness (QED) is 0.473. The van der Waals surface area contributed by atoms with Crippen molar-refractivity contribution in [3.63, 3.8) is 0 Å². The molecule has 0 aliphatic heterocycles. The smallest absolute Gasteiger partial charge is 0.135 e. The Hall–Kier alpha value is -0.330. The first kappa shape index (κ1) is 20.9. The van der Waals surface area contributed by atoms with Gasteiger partial charge in [0.05, 0.1) is 0 Å². The molecule has 0 aromatic carbocycles. The summed E-state index contributed by atoms with van der Waals surface area (Å²) in [5, 5.41) is 0. The minimum atomic E-state index is 0.209. The maximum absolute atomic E-state index is 12.2. The SMILES string of the molecule is CC(C)C(=O)CC[C@H](C)[C@@H]1CC[C@H]2[C@@H]3CC[C@H]4CCCC[C@]4(C)[C@H]3CC[C@@]21C. The number of rotatable bonds is 5. The van der Waals surface area contributed by atoms with Crippen LogP contribution < -0.4 is 0 Å². The third kappa shape index (κ3) is 3.31. The Labute approximate surface area is 174 Å². The molecule has 1 nitrogen and oxygen atoms in total. The van der Waals surface area contributed by atoms with Gasteiger partial charge >= 0.3 is 0 Å². The van der Waals surface area contributed by atoms with E-state index in [1.54, 1.807) is 0 Å². The Kier molecular flexibility index (Phi) is 5.78. The summed E-state index contributed by atoms with van der Waals surface area (Å²) in [5.41, 5.74) is 1.22. The standard InChI is InChI=1S/C27H46O/c1-18(2)25(28)14-9-19(3)22-12-13-23-21-11-10-20-8-6-7-16-26(20,4)24(21)15-17-27(22,23)5/h18-24H,6-17H2,1-5H3/t19-,20+,21-,22-,23-,24-,26-,27+/m0/s1. The number of fused-ring (bicyclic) bond motifs is 5. The van der Waals surface area contributed by atoms with E-state index < -0.39 is 0 Å². The van der Waals surface area contributed by atoms with Crippen molar-refractivity contribution >= 4 is 5.78 Å². The number of hydrogen-bond donors (Lipinski definition) is 0. The maximum Gasteiger partial charge on any atom is 0.135 e. The third-order valence-electron chi connectivity index (χ3n) is 10.8. The fraction of sp³-hybridized carbons (Fsp3) is 0.963. The highest BCUT2D eigenvalue weighted by atomic mass is 16.1. The lowest BCUT2D eigenvalue weighted by Gasteiger charge is -2.61. The van der Waals surface area contributed by atoms with Crippen molar-refractivity contribution in [3.05, 3.63) is 0 Å². The van der Waals surface area contributed by atoms with Gasteiger partial charge in [-0.25, -0.2) is 0 Å². The molecule has 4 rings (SSSR count). The molecule has 0 spiro atoms. The van der Waals surface area contributed by atoms with Crippen molar-refractivity contribution in [2.24, 2.45) is 52.3 Å². The summed E-state index contributed by atoms with van der Waals surface area (Å²) >= 11 is 0. The van der Waals surface area contributed by atoms with E-state index in [1.165, 1.54) is 64.2 Å². The second-order valence-corrected chi connectivity index (χ2v) is 12.3. The summed E-state index contributed by atoms with van der Waals surface area (Å²) in [6, 6.07) is 0. The van der Waals surface area contributed by atoms with E-state index in [2.05, 4.69) is 34.6 Å². The van der Waals surface area contributed by atoms with E-state index in [0.29, 0.717) is 16.6 Å². The van der Waals surface area contributed by atoms with Gasteiger partial charge in [0.15, 0.2) is 0 Å². The molecule has 0 aromatic rings. The number of hydrogen-bond acceptors (Lipinski definition) is 1. The van der Waals surface area contributed by atoms with E-state index in [9.17, 15) is 4.79 Å². The van der Waals surface area contributed by atoms with Gasteiger partial charge in [0.2, 0.25) is 0 Å². The van der Waals surface area contributed by atoms with E-state index in [1.807, 2.05) is 0 Å². The minimum absolute atomic E-state index is 0.209. The zero-order valence-corrected chi connectivity index (χ0v) is 19.4. The molecule has 4 fully saturated rings. The van der Waals surface area contributed by atoms with Crippen LogP contribution in [0.2, 0.25) is 0 Å². The van der Waals surface area contributed by atoms with E-state index in [0.717, 1.165) is 48.3 Å². The molecule has 4 aliphatic rings. The second-order valence-electron chi connectivity index (χ2n) is 12.3. The molecule has 0 bridgehead atoms. The van der Waals surface area contributed by atoms with Crippen LogP contribution in [0.15, 0.2) is 0 Å². The summed E-state index contributed by atoms with van der Waals surface area (Å²) < 4.78 is 0. The van der Waals surface area contributed by atoms with E-state index in [4.69, 9.17) is 0 Å². The second kappa shape index (κ2) is 7.73. The topological polar surface area (TPSA) is 17.1 Å². The Morgan fingerprint density at radius 3 is 2.36 bits per heavy atom. The van der Waals surface area contributed by atoms with Gasteiger partial charge in [0.1, 0.15) is 5.78 Å². The molecule has 0 N–H and O–H groups in total. The van der Waals surface area contributed by atoms with Gasteiger partial charge in [0.25, 0.3) is 0 Å². The van der Waals surface area contributed by atoms with Gasteiger partial charge in [0, 0.05) is 12.3 Å². The monoisotopic (exact) mass is 386 g/mol. The van der Waals surface area contributed by atoms with Crippen molar-refractivity contribution < 1.29 is 4.79 Å². The molecule has 8 atom stereocenters. The number of carbonyl (C=O) groups excluding carboxylic acids is 1. The van der Waals surface area contributed by atoms with Gasteiger partial charge in [-0.3, -0.25) is 4.79 Å². The van der Waals surface area contributed by atoms with Gasteiger partial charge in [-0.2, -0.15) is 0 Å². The fourth-order valence-electron chi connectivity index (χ4n) is 9.13. The van der Waals surface area contributed by atoms with Crippen LogP contribution in [-0.4, -0.2) is 5.78 Å². The zero-order chi connectivity index (χ0) is 20.1. The number of carbonyl (C=O) groups is 1. The fourth-order valence-corrected chi connectivity index (χ4v) is 9.13. The molecule has 0 amide bonds. The number of Topliss-reactive ketones (excluding diaryl/α,β-unsaturated/α-hetero) is 1. The van der Waals surface area contributed by atoms with Crippen LogP contribution in [0, 0.1) is 52.3 Å². The Morgan fingerprint density at radius 1 is 0.857 bits per heavy atom. The normalized spacial score (nSPS) is 46.6. The molecular formula is C27H46O. The molecule has 0 radical (unpaired) electrons.